The molecule has 0 saturated carbocycles. The van der Waals surface area contributed by atoms with Crippen LogP contribution in [0.15, 0.2) is 42.5 Å². The van der Waals surface area contributed by atoms with E-state index in [0.29, 0.717) is 17.5 Å². The zero-order valence-electron chi connectivity index (χ0n) is 10.1. The number of ketones is 1. The quantitative estimate of drug-likeness (QED) is 0.814. The van der Waals surface area contributed by atoms with Crippen molar-refractivity contribution >= 4 is 5.78 Å². The van der Waals surface area contributed by atoms with Crippen molar-refractivity contribution in [2.24, 2.45) is 0 Å². The van der Waals surface area contributed by atoms with Crippen LogP contribution in [0.25, 0.3) is 0 Å². The molecule has 0 radical (unpaired) electrons. The van der Waals surface area contributed by atoms with E-state index in [1.165, 1.54) is 12.1 Å². The second-order valence-corrected chi connectivity index (χ2v) is 4.01. The highest BCUT2D eigenvalue weighted by Gasteiger charge is 2.17. The smallest absolute Gasteiger partial charge is 0.196 e. The summed E-state index contributed by atoms with van der Waals surface area (Å²) in [5.41, 5.74) is 1.13. The Morgan fingerprint density at radius 3 is 2.33 bits per heavy atom. The van der Waals surface area contributed by atoms with Crippen LogP contribution in [0.5, 0.6) is 11.5 Å². The molecule has 0 aliphatic carbocycles. The minimum atomic E-state index is -0.247. The number of hydrogen-bond donors (Lipinski definition) is 2. The molecule has 92 valence electrons. The highest BCUT2D eigenvalue weighted by Crippen LogP contribution is 2.32. The zero-order chi connectivity index (χ0) is 13.1. The first-order valence-electron chi connectivity index (χ1n) is 5.78. The summed E-state index contributed by atoms with van der Waals surface area (Å²) in [5, 5.41) is 19.6. The fourth-order valence-electron chi connectivity index (χ4n) is 1.90. The minimum absolute atomic E-state index is 0.0135. The Hall–Kier alpha value is -2.29. The molecule has 2 aromatic carbocycles. The van der Waals surface area contributed by atoms with Gasteiger partial charge in [-0.1, -0.05) is 37.3 Å². The number of phenolic OH excluding ortho intramolecular Hbond substituents is 2. The van der Waals surface area contributed by atoms with Gasteiger partial charge in [-0.15, -0.1) is 0 Å². The fourth-order valence-corrected chi connectivity index (χ4v) is 1.90. The predicted molar refractivity (Wildman–Crippen MR) is 69.0 cm³/mol. The molecule has 0 bridgehead atoms. The largest absolute Gasteiger partial charge is 0.508 e. The van der Waals surface area contributed by atoms with Gasteiger partial charge in [0.05, 0.1) is 5.56 Å². The van der Waals surface area contributed by atoms with Gasteiger partial charge in [0, 0.05) is 11.1 Å². The number of phenols is 2. The van der Waals surface area contributed by atoms with E-state index in [0.717, 1.165) is 0 Å². The molecule has 2 rings (SSSR count). The molecule has 0 aliphatic heterocycles. The Morgan fingerprint density at radius 1 is 1.06 bits per heavy atom. The van der Waals surface area contributed by atoms with E-state index in [4.69, 9.17) is 0 Å². The molecule has 0 heterocycles. The highest BCUT2D eigenvalue weighted by atomic mass is 16.3. The third kappa shape index (κ3) is 2.07. The van der Waals surface area contributed by atoms with Crippen molar-refractivity contribution < 1.29 is 15.0 Å². The summed E-state index contributed by atoms with van der Waals surface area (Å²) in [6.07, 6.45) is 0.466. The van der Waals surface area contributed by atoms with Gasteiger partial charge in [0.1, 0.15) is 11.5 Å². The third-order valence-corrected chi connectivity index (χ3v) is 2.89. The lowest BCUT2D eigenvalue weighted by Crippen LogP contribution is -2.02. The second kappa shape index (κ2) is 4.92. The molecule has 0 fully saturated rings. The standard InChI is InChI=1S/C15H14O3/c1-2-11-13(16)9-8-12(15(11)18)14(17)10-6-4-3-5-7-10/h3-9,16,18H,2H2,1H3. The molecule has 0 unspecified atom stereocenters. The number of benzene rings is 2. The van der Waals surface area contributed by atoms with Crippen LogP contribution in [0.2, 0.25) is 0 Å². The summed E-state index contributed by atoms with van der Waals surface area (Å²) in [4.78, 5) is 12.2. The molecule has 18 heavy (non-hydrogen) atoms. The van der Waals surface area contributed by atoms with Crippen molar-refractivity contribution in [1.29, 1.82) is 0 Å². The number of aromatic hydroxyl groups is 2. The molecular formula is C15H14O3. The van der Waals surface area contributed by atoms with Gasteiger partial charge in [0.2, 0.25) is 0 Å². The SMILES string of the molecule is CCc1c(O)ccc(C(=O)c2ccccc2)c1O. The van der Waals surface area contributed by atoms with Crippen LogP contribution in [-0.4, -0.2) is 16.0 Å². The van der Waals surface area contributed by atoms with Crippen LogP contribution in [0.1, 0.15) is 28.4 Å². The fraction of sp³-hybridized carbons (Fsp3) is 0.133. The van der Waals surface area contributed by atoms with E-state index < -0.39 is 0 Å². The number of carbonyl (C=O) groups is 1. The van der Waals surface area contributed by atoms with Crippen molar-refractivity contribution in [3.63, 3.8) is 0 Å². The monoisotopic (exact) mass is 242 g/mol. The van der Waals surface area contributed by atoms with Gasteiger partial charge < -0.3 is 10.2 Å². The van der Waals surface area contributed by atoms with Crippen LogP contribution in [0, 0.1) is 0 Å². The second-order valence-electron chi connectivity index (χ2n) is 4.01. The molecule has 3 nitrogen and oxygen atoms in total. The van der Waals surface area contributed by atoms with Gasteiger partial charge in [-0.2, -0.15) is 0 Å². The first-order valence-corrected chi connectivity index (χ1v) is 5.78. The van der Waals surface area contributed by atoms with Crippen molar-refractivity contribution in [3.05, 3.63) is 59.2 Å². The molecule has 2 N–H and O–H groups in total. The van der Waals surface area contributed by atoms with Gasteiger partial charge in [-0.3, -0.25) is 4.79 Å². The summed E-state index contributed by atoms with van der Waals surface area (Å²) in [5.74, 6) is -0.367. The molecule has 3 heteroatoms. The maximum absolute atomic E-state index is 12.2. The van der Waals surface area contributed by atoms with Gasteiger partial charge in [0.25, 0.3) is 0 Å². The van der Waals surface area contributed by atoms with Crippen molar-refractivity contribution in [3.8, 4) is 11.5 Å². The molecule has 0 aliphatic rings. The lowest BCUT2D eigenvalue weighted by molar-refractivity contribution is 0.103. The first-order chi connectivity index (χ1) is 8.65. The van der Waals surface area contributed by atoms with Gasteiger partial charge in [0.15, 0.2) is 5.78 Å². The normalized spacial score (nSPS) is 10.3. The van der Waals surface area contributed by atoms with Gasteiger partial charge in [-0.05, 0) is 18.6 Å². The maximum Gasteiger partial charge on any atom is 0.196 e. The molecular weight excluding hydrogens is 228 g/mol. The summed E-state index contributed by atoms with van der Waals surface area (Å²) in [6, 6.07) is 11.6. The number of hydrogen-bond acceptors (Lipinski definition) is 3. The first kappa shape index (κ1) is 12.2. The van der Waals surface area contributed by atoms with Crippen LogP contribution in [0.3, 0.4) is 0 Å². The van der Waals surface area contributed by atoms with Gasteiger partial charge in [-0.25, -0.2) is 0 Å². The van der Waals surface area contributed by atoms with E-state index in [9.17, 15) is 15.0 Å². The predicted octanol–water partition coefficient (Wildman–Crippen LogP) is 2.89. The Balaban J connectivity index is 2.50. The Labute approximate surface area is 105 Å². The van der Waals surface area contributed by atoms with Crippen LogP contribution >= 0.6 is 0 Å². The zero-order valence-corrected chi connectivity index (χ0v) is 10.1. The molecule has 0 amide bonds. The molecule has 0 spiro atoms. The third-order valence-electron chi connectivity index (χ3n) is 2.89. The van der Waals surface area contributed by atoms with E-state index in [1.807, 2.05) is 13.0 Å². The number of rotatable bonds is 3. The van der Waals surface area contributed by atoms with Crippen LogP contribution in [-0.2, 0) is 6.42 Å². The lowest BCUT2D eigenvalue weighted by atomic mass is 9.98. The Kier molecular flexibility index (Phi) is 3.33. The van der Waals surface area contributed by atoms with Crippen molar-refractivity contribution in [1.82, 2.24) is 0 Å². The molecule has 2 aromatic rings. The summed E-state index contributed by atoms with van der Waals surface area (Å²) in [7, 11) is 0. The topological polar surface area (TPSA) is 57.5 Å². The summed E-state index contributed by atoms with van der Waals surface area (Å²) in [6.45, 7) is 1.81. The van der Waals surface area contributed by atoms with Gasteiger partial charge >= 0.3 is 0 Å². The minimum Gasteiger partial charge on any atom is -0.508 e. The molecule has 0 atom stereocenters. The van der Waals surface area contributed by atoms with E-state index in [2.05, 4.69) is 0 Å². The Bertz CT molecular complexity index is 574. The summed E-state index contributed by atoms with van der Waals surface area (Å²) >= 11 is 0. The summed E-state index contributed by atoms with van der Waals surface area (Å²) < 4.78 is 0. The highest BCUT2D eigenvalue weighted by molar-refractivity contribution is 6.11. The molecule has 0 saturated heterocycles. The Morgan fingerprint density at radius 2 is 1.72 bits per heavy atom. The average molecular weight is 242 g/mol. The van der Waals surface area contributed by atoms with Crippen molar-refractivity contribution in [2.45, 2.75) is 13.3 Å². The van der Waals surface area contributed by atoms with Crippen LogP contribution in [0.4, 0.5) is 0 Å². The van der Waals surface area contributed by atoms with E-state index in [-0.39, 0.29) is 22.8 Å². The van der Waals surface area contributed by atoms with E-state index in [1.54, 1.807) is 24.3 Å². The van der Waals surface area contributed by atoms with E-state index >= 15 is 0 Å². The van der Waals surface area contributed by atoms with Crippen molar-refractivity contribution in [2.75, 3.05) is 0 Å². The number of carbonyl (C=O) groups excluding carboxylic acids is 1. The lowest BCUT2D eigenvalue weighted by Gasteiger charge is -2.09. The maximum atomic E-state index is 12.2. The average Bonchev–Trinajstić information content (AvgIpc) is 2.40. The van der Waals surface area contributed by atoms with Crippen LogP contribution < -0.4 is 0 Å². The molecule has 0 aromatic heterocycles.